The fourth-order valence-electron chi connectivity index (χ4n) is 4.68. The number of nitrogens with one attached hydrogen (secondary N) is 3. The van der Waals surface area contributed by atoms with E-state index in [1.165, 1.54) is 22.9 Å². The normalized spacial score (nSPS) is 15.0. The zero-order chi connectivity index (χ0) is 21.5. The van der Waals surface area contributed by atoms with Gasteiger partial charge in [0.05, 0.1) is 5.69 Å². The van der Waals surface area contributed by atoms with E-state index >= 15 is 0 Å². The van der Waals surface area contributed by atoms with E-state index in [0.717, 1.165) is 65.4 Å². The van der Waals surface area contributed by atoms with E-state index in [1.54, 1.807) is 0 Å². The lowest BCUT2D eigenvalue weighted by Gasteiger charge is -2.27. The molecule has 4 aromatic heterocycles. The zero-order valence-electron chi connectivity index (χ0n) is 18.0. The molecule has 1 saturated heterocycles. The number of fused-ring (bicyclic) bond motifs is 2. The first-order valence-corrected chi connectivity index (χ1v) is 11.1. The highest BCUT2D eigenvalue weighted by atomic mass is 15.2. The molecule has 32 heavy (non-hydrogen) atoms. The third-order valence-corrected chi connectivity index (χ3v) is 6.36. The van der Waals surface area contributed by atoms with Crippen LogP contribution in [0.2, 0.25) is 0 Å². The minimum absolute atomic E-state index is 0.787. The van der Waals surface area contributed by atoms with Gasteiger partial charge in [0.15, 0.2) is 5.65 Å². The van der Waals surface area contributed by atoms with Crippen LogP contribution >= 0.6 is 0 Å². The van der Waals surface area contributed by atoms with Crippen LogP contribution in [0, 0.1) is 6.92 Å². The van der Waals surface area contributed by atoms with E-state index in [4.69, 9.17) is 5.10 Å². The number of nitrogens with zero attached hydrogens (tertiary/aromatic N) is 4. The van der Waals surface area contributed by atoms with Gasteiger partial charge in [-0.15, -0.1) is 0 Å². The fourth-order valence-corrected chi connectivity index (χ4v) is 4.68. The van der Waals surface area contributed by atoms with Crippen LogP contribution in [0.25, 0.3) is 44.5 Å². The minimum atomic E-state index is 0.787. The lowest BCUT2D eigenvalue weighted by molar-refractivity contribution is 0.209. The second-order valence-corrected chi connectivity index (χ2v) is 8.47. The molecule has 0 bridgehead atoms. The molecule has 7 heteroatoms. The van der Waals surface area contributed by atoms with E-state index in [9.17, 15) is 0 Å². The smallest absolute Gasteiger partial charge is 0.155 e. The first-order chi connectivity index (χ1) is 15.8. The highest BCUT2D eigenvalue weighted by Crippen LogP contribution is 2.35. The van der Waals surface area contributed by atoms with Gasteiger partial charge < -0.3 is 10.3 Å². The largest absolute Gasteiger partial charge is 0.353 e. The molecule has 160 valence electrons. The Hall–Kier alpha value is -3.55. The summed E-state index contributed by atoms with van der Waals surface area (Å²) in [5.41, 5.74) is 8.47. The van der Waals surface area contributed by atoms with E-state index in [-0.39, 0.29) is 0 Å². The Labute approximate surface area is 185 Å². The number of hydrogen-bond acceptors (Lipinski definition) is 5. The highest BCUT2D eigenvalue weighted by molar-refractivity contribution is 5.98. The van der Waals surface area contributed by atoms with E-state index in [2.05, 4.69) is 67.5 Å². The molecule has 1 aliphatic heterocycles. The van der Waals surface area contributed by atoms with Crippen LogP contribution in [0.15, 0.2) is 55.0 Å². The summed E-state index contributed by atoms with van der Waals surface area (Å²) in [6.45, 7) is 6.06. The summed E-state index contributed by atoms with van der Waals surface area (Å²) in [7, 11) is 0. The van der Waals surface area contributed by atoms with Gasteiger partial charge in [0.1, 0.15) is 5.69 Å². The Balaban J connectivity index is 1.51. The van der Waals surface area contributed by atoms with Crippen molar-refractivity contribution < 1.29 is 0 Å². The monoisotopic (exact) mass is 423 g/mol. The number of pyridine rings is 2. The van der Waals surface area contributed by atoms with Crippen molar-refractivity contribution in [2.75, 3.05) is 19.8 Å². The summed E-state index contributed by atoms with van der Waals surface area (Å²) in [6.07, 6.45) is 6.77. The quantitative estimate of drug-likeness (QED) is 0.403. The standard InChI is InChI=1S/C25H25N7/c1-16-7-9-26-13-20(16)17-11-19-24(30-31-25(19)28-12-17)23-21(14-32-10-4-8-27-15-32)18-5-2-3-6-22(18)29-23/h2-3,5-7,9,11-13,27,29H,4,8,10,14-15H2,1H3,(H,28,30,31). The van der Waals surface area contributed by atoms with Crippen LogP contribution in [0.4, 0.5) is 0 Å². The van der Waals surface area contributed by atoms with Crippen LogP contribution in [0.5, 0.6) is 0 Å². The van der Waals surface area contributed by atoms with Gasteiger partial charge in [-0.25, -0.2) is 4.98 Å². The second-order valence-electron chi connectivity index (χ2n) is 8.47. The van der Waals surface area contributed by atoms with E-state index < -0.39 is 0 Å². The Kier molecular flexibility index (Phi) is 4.70. The molecule has 0 aliphatic carbocycles. The van der Waals surface area contributed by atoms with E-state index in [1.807, 2.05) is 24.7 Å². The van der Waals surface area contributed by atoms with Crippen LogP contribution < -0.4 is 5.32 Å². The van der Waals surface area contributed by atoms with E-state index in [0.29, 0.717) is 0 Å². The Morgan fingerprint density at radius 1 is 1.09 bits per heavy atom. The molecule has 1 fully saturated rings. The van der Waals surface area contributed by atoms with Gasteiger partial charge in [0.2, 0.25) is 0 Å². The highest BCUT2D eigenvalue weighted by Gasteiger charge is 2.21. The third-order valence-electron chi connectivity index (χ3n) is 6.36. The topological polar surface area (TPSA) is 85.5 Å². The predicted molar refractivity (Wildman–Crippen MR) is 127 cm³/mol. The SMILES string of the molecule is Cc1ccncc1-c1cnc2[nH]nc(-c3[nH]c4ccccc4c3CN3CCCNC3)c2c1. The number of hydrogen-bond donors (Lipinski definition) is 3. The number of para-hydroxylation sites is 1. The molecule has 7 nitrogen and oxygen atoms in total. The van der Waals surface area contributed by atoms with Crippen LogP contribution in [0.1, 0.15) is 17.5 Å². The molecule has 0 amide bonds. The van der Waals surface area contributed by atoms with Crippen molar-refractivity contribution in [3.63, 3.8) is 0 Å². The third kappa shape index (κ3) is 3.26. The van der Waals surface area contributed by atoms with Crippen LogP contribution in [-0.4, -0.2) is 49.8 Å². The molecule has 0 atom stereocenters. The van der Waals surface area contributed by atoms with Crippen LogP contribution in [-0.2, 0) is 6.54 Å². The molecule has 3 N–H and O–H groups in total. The minimum Gasteiger partial charge on any atom is -0.353 e. The maximum absolute atomic E-state index is 4.70. The van der Waals surface area contributed by atoms with Gasteiger partial charge >= 0.3 is 0 Å². The molecular formula is C25H25N7. The summed E-state index contributed by atoms with van der Waals surface area (Å²) >= 11 is 0. The number of aromatic nitrogens is 5. The van der Waals surface area contributed by atoms with Gasteiger partial charge in [-0.1, -0.05) is 18.2 Å². The summed E-state index contributed by atoms with van der Waals surface area (Å²) in [5.74, 6) is 0. The average Bonchev–Trinajstić information content (AvgIpc) is 3.41. The molecule has 0 unspecified atom stereocenters. The van der Waals surface area contributed by atoms with Gasteiger partial charge in [-0.3, -0.25) is 15.0 Å². The first kappa shape index (κ1) is 19.2. The molecule has 1 aliphatic rings. The Bertz CT molecular complexity index is 1410. The number of benzene rings is 1. The lowest BCUT2D eigenvalue weighted by Crippen LogP contribution is -2.40. The molecule has 0 radical (unpaired) electrons. The summed E-state index contributed by atoms with van der Waals surface area (Å²) in [5, 5.41) is 13.6. The molecule has 6 rings (SSSR count). The van der Waals surface area contributed by atoms with Gasteiger partial charge in [0, 0.05) is 71.3 Å². The van der Waals surface area contributed by atoms with Crippen molar-refractivity contribution >= 4 is 21.9 Å². The van der Waals surface area contributed by atoms with Crippen molar-refractivity contribution in [2.45, 2.75) is 19.9 Å². The van der Waals surface area contributed by atoms with Crippen molar-refractivity contribution in [1.29, 1.82) is 0 Å². The van der Waals surface area contributed by atoms with Gasteiger partial charge in [-0.2, -0.15) is 5.10 Å². The molecular weight excluding hydrogens is 398 g/mol. The number of rotatable bonds is 4. The Morgan fingerprint density at radius 2 is 2.03 bits per heavy atom. The predicted octanol–water partition coefficient (Wildman–Crippen LogP) is 4.23. The van der Waals surface area contributed by atoms with Gasteiger partial charge in [0.25, 0.3) is 0 Å². The van der Waals surface area contributed by atoms with Crippen molar-refractivity contribution in [1.82, 2.24) is 35.4 Å². The maximum Gasteiger partial charge on any atom is 0.155 e. The molecule has 0 saturated carbocycles. The number of aromatic amines is 2. The van der Waals surface area contributed by atoms with Crippen molar-refractivity contribution in [2.24, 2.45) is 0 Å². The van der Waals surface area contributed by atoms with Crippen LogP contribution in [0.3, 0.4) is 0 Å². The summed E-state index contributed by atoms with van der Waals surface area (Å²) < 4.78 is 0. The first-order valence-electron chi connectivity index (χ1n) is 11.1. The maximum atomic E-state index is 4.70. The number of H-pyrrole nitrogens is 2. The molecule has 5 heterocycles. The van der Waals surface area contributed by atoms with Gasteiger partial charge in [-0.05, 0) is 43.7 Å². The molecule has 5 aromatic rings. The van der Waals surface area contributed by atoms with Crippen molar-refractivity contribution in [3.8, 4) is 22.5 Å². The average molecular weight is 424 g/mol. The van der Waals surface area contributed by atoms with Crippen molar-refractivity contribution in [3.05, 3.63) is 66.1 Å². The second kappa shape index (κ2) is 7.85. The number of aryl methyl sites for hydroxylation is 1. The molecule has 1 aromatic carbocycles. The summed E-state index contributed by atoms with van der Waals surface area (Å²) in [6, 6.07) is 12.7. The summed E-state index contributed by atoms with van der Waals surface area (Å²) in [4.78, 5) is 15.1. The lowest BCUT2D eigenvalue weighted by atomic mass is 10.0. The Morgan fingerprint density at radius 3 is 2.91 bits per heavy atom. The fraction of sp³-hybridized carbons (Fsp3) is 0.240. The molecule has 0 spiro atoms. The zero-order valence-corrected chi connectivity index (χ0v) is 18.0.